The minimum atomic E-state index is -1.32. The Bertz CT molecular complexity index is 1350. The number of nitrogens with one attached hydrogen (secondary N) is 2. The van der Waals surface area contributed by atoms with Gasteiger partial charge in [-0.1, -0.05) is 92.7 Å². The van der Waals surface area contributed by atoms with E-state index in [0.29, 0.717) is 19.5 Å². The molecule has 208 valence electrons. The molecule has 3 aromatic rings. The van der Waals surface area contributed by atoms with Gasteiger partial charge in [-0.15, -0.1) is 0 Å². The number of benzene rings is 3. The number of carbonyl (C=O) groups excluding carboxylic acids is 2. The Labute approximate surface area is 234 Å². The van der Waals surface area contributed by atoms with Crippen LogP contribution in [0.25, 0.3) is 11.1 Å². The first kappa shape index (κ1) is 27.4. The summed E-state index contributed by atoms with van der Waals surface area (Å²) in [5.41, 5.74) is 4.22. The van der Waals surface area contributed by atoms with Crippen LogP contribution in [0.4, 0.5) is 4.79 Å². The minimum Gasteiger partial charge on any atom is -0.480 e. The van der Waals surface area contributed by atoms with Crippen molar-refractivity contribution in [2.24, 2.45) is 5.92 Å². The van der Waals surface area contributed by atoms with E-state index in [0.717, 1.165) is 27.8 Å². The molecule has 2 atom stereocenters. The summed E-state index contributed by atoms with van der Waals surface area (Å²) in [6.45, 7) is 5.00. The summed E-state index contributed by atoms with van der Waals surface area (Å²) in [7, 11) is 0. The maximum absolute atomic E-state index is 13.6. The van der Waals surface area contributed by atoms with E-state index in [1.54, 1.807) is 13.8 Å². The van der Waals surface area contributed by atoms with Crippen molar-refractivity contribution in [2.75, 3.05) is 19.7 Å². The van der Waals surface area contributed by atoms with E-state index in [1.165, 1.54) is 0 Å². The predicted octanol–water partition coefficient (Wildman–Crippen LogP) is 4.40. The van der Waals surface area contributed by atoms with Crippen LogP contribution in [-0.2, 0) is 20.9 Å². The van der Waals surface area contributed by atoms with Gasteiger partial charge in [-0.3, -0.25) is 9.69 Å². The molecule has 0 aromatic heterocycles. The molecule has 2 amide bonds. The number of likely N-dealkylation sites (tertiary alicyclic amines) is 1. The zero-order chi connectivity index (χ0) is 28.3. The first-order valence-electron chi connectivity index (χ1n) is 13.7. The van der Waals surface area contributed by atoms with Gasteiger partial charge in [0.1, 0.15) is 18.2 Å². The lowest BCUT2D eigenvalue weighted by Gasteiger charge is -2.31. The zero-order valence-corrected chi connectivity index (χ0v) is 22.8. The third kappa shape index (κ3) is 5.58. The van der Waals surface area contributed by atoms with Gasteiger partial charge < -0.3 is 20.5 Å². The molecule has 2 unspecified atom stereocenters. The molecule has 0 bridgehead atoms. The Hall–Kier alpha value is -4.17. The molecule has 1 heterocycles. The number of rotatable bonds is 9. The summed E-state index contributed by atoms with van der Waals surface area (Å²) in [5.74, 6) is -2.07. The number of nitrogens with zero attached hydrogens (tertiary/aromatic N) is 1. The lowest BCUT2D eigenvalue weighted by molar-refractivity contribution is -0.144. The highest BCUT2D eigenvalue weighted by Crippen LogP contribution is 2.44. The number of carboxylic acids is 1. The molecule has 3 aromatic carbocycles. The second kappa shape index (κ2) is 11.5. The van der Waals surface area contributed by atoms with Crippen LogP contribution in [0.15, 0.2) is 78.9 Å². The van der Waals surface area contributed by atoms with E-state index in [4.69, 9.17) is 4.74 Å². The van der Waals surface area contributed by atoms with Crippen molar-refractivity contribution in [1.29, 1.82) is 0 Å². The lowest BCUT2D eigenvalue weighted by atomic mass is 9.95. The normalized spacial score (nSPS) is 19.1. The molecule has 40 heavy (non-hydrogen) atoms. The molecule has 1 aliphatic heterocycles. The molecule has 1 aliphatic carbocycles. The Balaban J connectivity index is 1.32. The predicted molar refractivity (Wildman–Crippen MR) is 152 cm³/mol. The fourth-order valence-corrected chi connectivity index (χ4v) is 5.83. The fraction of sp³-hybridized carbons (Fsp3) is 0.344. The molecule has 1 fully saturated rings. The second-order valence-corrected chi connectivity index (χ2v) is 11.0. The van der Waals surface area contributed by atoms with E-state index in [2.05, 4.69) is 27.7 Å². The van der Waals surface area contributed by atoms with Crippen LogP contribution in [0.1, 0.15) is 42.9 Å². The molecular weight excluding hydrogens is 506 g/mol. The summed E-state index contributed by atoms with van der Waals surface area (Å²) < 4.78 is 5.77. The Kier molecular flexibility index (Phi) is 7.89. The van der Waals surface area contributed by atoms with Crippen molar-refractivity contribution >= 4 is 18.0 Å². The molecule has 3 N–H and O–H groups in total. The van der Waals surface area contributed by atoms with Gasteiger partial charge in [0.2, 0.25) is 5.91 Å². The van der Waals surface area contributed by atoms with Crippen LogP contribution < -0.4 is 10.6 Å². The van der Waals surface area contributed by atoms with Crippen LogP contribution in [-0.4, -0.2) is 59.3 Å². The topological polar surface area (TPSA) is 108 Å². The maximum Gasteiger partial charge on any atom is 0.408 e. The van der Waals surface area contributed by atoms with Crippen LogP contribution in [0, 0.1) is 5.92 Å². The quantitative estimate of drug-likeness (QED) is 0.371. The number of hydrogen-bond donors (Lipinski definition) is 3. The number of hydrogen-bond acceptors (Lipinski definition) is 5. The van der Waals surface area contributed by atoms with Crippen LogP contribution in [0.3, 0.4) is 0 Å². The number of aliphatic carboxylic acids is 1. The molecule has 2 aliphatic rings. The van der Waals surface area contributed by atoms with Gasteiger partial charge in [0.15, 0.2) is 0 Å². The number of carboxylic acid groups (broad SMARTS) is 1. The first-order chi connectivity index (χ1) is 19.3. The van der Waals surface area contributed by atoms with Crippen molar-refractivity contribution in [3.63, 3.8) is 0 Å². The number of ether oxygens (including phenoxy) is 1. The van der Waals surface area contributed by atoms with E-state index in [-0.39, 0.29) is 25.0 Å². The molecule has 5 rings (SSSR count). The smallest absolute Gasteiger partial charge is 0.408 e. The Morgan fingerprint density at radius 3 is 2.15 bits per heavy atom. The fourth-order valence-electron chi connectivity index (χ4n) is 5.83. The summed E-state index contributed by atoms with van der Waals surface area (Å²) in [6, 6.07) is 25.0. The van der Waals surface area contributed by atoms with Crippen LogP contribution in [0.2, 0.25) is 0 Å². The Morgan fingerprint density at radius 2 is 1.55 bits per heavy atom. The van der Waals surface area contributed by atoms with Gasteiger partial charge in [-0.25, -0.2) is 9.59 Å². The van der Waals surface area contributed by atoms with Gasteiger partial charge in [0, 0.05) is 25.6 Å². The van der Waals surface area contributed by atoms with Crippen molar-refractivity contribution in [3.05, 3.63) is 95.6 Å². The molecule has 1 saturated heterocycles. The van der Waals surface area contributed by atoms with Crippen molar-refractivity contribution in [2.45, 2.75) is 44.3 Å². The SMILES string of the molecule is CC(C)C(NC(=O)C1(NC(=O)OCC2c3ccccc3-c3ccccc32)CCN(Cc2ccccc2)C1)C(=O)O. The van der Waals surface area contributed by atoms with Gasteiger partial charge in [-0.2, -0.15) is 0 Å². The minimum absolute atomic E-state index is 0.113. The summed E-state index contributed by atoms with van der Waals surface area (Å²) in [6.07, 6.45) is -0.365. The summed E-state index contributed by atoms with van der Waals surface area (Å²) in [4.78, 5) is 40.8. The van der Waals surface area contributed by atoms with E-state index >= 15 is 0 Å². The molecule has 0 radical (unpaired) electrons. The average Bonchev–Trinajstić information content (AvgIpc) is 3.50. The number of carbonyl (C=O) groups is 3. The average molecular weight is 542 g/mol. The van der Waals surface area contributed by atoms with Crippen LogP contribution in [0.5, 0.6) is 0 Å². The number of amides is 2. The second-order valence-electron chi connectivity index (χ2n) is 11.0. The molecule has 8 heteroatoms. The molecular formula is C32H35N3O5. The summed E-state index contributed by atoms with van der Waals surface area (Å²) in [5, 5.41) is 15.2. The molecule has 8 nitrogen and oxygen atoms in total. The zero-order valence-electron chi connectivity index (χ0n) is 22.8. The van der Waals surface area contributed by atoms with Crippen molar-refractivity contribution in [3.8, 4) is 11.1 Å². The van der Waals surface area contributed by atoms with Crippen molar-refractivity contribution < 1.29 is 24.2 Å². The largest absolute Gasteiger partial charge is 0.480 e. The standard InChI is InChI=1S/C32H35N3O5/c1-21(2)28(29(36)37)33-30(38)32(16-17-35(20-32)18-22-10-4-3-5-11-22)34-31(39)40-19-27-25-14-8-6-12-23(25)24-13-7-9-15-26(24)27/h3-15,21,27-28H,16-20H2,1-2H3,(H,33,38)(H,34,39)(H,36,37). The van der Waals surface area contributed by atoms with Crippen LogP contribution >= 0.6 is 0 Å². The highest BCUT2D eigenvalue weighted by molar-refractivity contribution is 5.93. The monoisotopic (exact) mass is 541 g/mol. The number of fused-ring (bicyclic) bond motifs is 3. The van der Waals surface area contributed by atoms with E-state index < -0.39 is 29.6 Å². The van der Waals surface area contributed by atoms with Gasteiger partial charge in [-0.05, 0) is 40.2 Å². The maximum atomic E-state index is 13.6. The van der Waals surface area contributed by atoms with E-state index in [9.17, 15) is 19.5 Å². The number of alkyl carbamates (subject to hydrolysis) is 1. The summed E-state index contributed by atoms with van der Waals surface area (Å²) >= 11 is 0. The van der Waals surface area contributed by atoms with Gasteiger partial charge in [0.05, 0.1) is 0 Å². The third-order valence-corrected chi connectivity index (χ3v) is 7.94. The highest BCUT2D eigenvalue weighted by atomic mass is 16.5. The van der Waals surface area contributed by atoms with Crippen molar-refractivity contribution in [1.82, 2.24) is 15.5 Å². The third-order valence-electron chi connectivity index (χ3n) is 7.94. The lowest BCUT2D eigenvalue weighted by Crippen LogP contribution is -2.63. The highest BCUT2D eigenvalue weighted by Gasteiger charge is 2.47. The molecule has 0 saturated carbocycles. The van der Waals surface area contributed by atoms with Gasteiger partial charge >= 0.3 is 12.1 Å². The first-order valence-corrected chi connectivity index (χ1v) is 13.7. The van der Waals surface area contributed by atoms with Gasteiger partial charge in [0.25, 0.3) is 0 Å². The Morgan fingerprint density at radius 1 is 0.950 bits per heavy atom. The molecule has 0 spiro atoms. The van der Waals surface area contributed by atoms with E-state index in [1.807, 2.05) is 66.7 Å².